The van der Waals surface area contributed by atoms with Crippen LogP contribution < -0.4 is 16.4 Å². The maximum atomic E-state index is 11.9. The number of rotatable bonds is 7. The van der Waals surface area contributed by atoms with E-state index in [0.29, 0.717) is 34.7 Å². The van der Waals surface area contributed by atoms with Crippen molar-refractivity contribution < 1.29 is 27.3 Å². The zero-order valence-electron chi connectivity index (χ0n) is 19.6. The van der Waals surface area contributed by atoms with Gasteiger partial charge in [-0.15, -0.1) is 0 Å². The molecule has 0 bridgehead atoms. The molecule has 1 aromatic carbocycles. The molecule has 5 N–H and O–H groups in total. The number of anilines is 3. The molecule has 14 heteroatoms. The molecule has 0 aliphatic heterocycles. The highest BCUT2D eigenvalue weighted by atomic mass is 32.2. The van der Waals surface area contributed by atoms with Gasteiger partial charge in [-0.05, 0) is 42.5 Å². The van der Waals surface area contributed by atoms with Crippen LogP contribution in [-0.2, 0) is 21.3 Å². The van der Waals surface area contributed by atoms with E-state index in [1.54, 1.807) is 10.8 Å². The number of hydrogen-bond donors (Lipinski definition) is 4. The Morgan fingerprint density at radius 3 is 2.57 bits per heavy atom. The molecule has 2 aliphatic rings. The van der Waals surface area contributed by atoms with Crippen LogP contribution in [0.3, 0.4) is 0 Å². The number of halogens is 3. The molecule has 2 aromatic heterocycles. The molecule has 2 saturated carbocycles. The predicted octanol–water partition coefficient (Wildman–Crippen LogP) is 3.25. The first kappa shape index (κ1) is 26.4. The van der Waals surface area contributed by atoms with Gasteiger partial charge >= 0.3 is 12.1 Å². The van der Waals surface area contributed by atoms with Crippen LogP contribution in [0.4, 0.5) is 30.5 Å². The fourth-order valence-corrected chi connectivity index (χ4v) is 4.44. The van der Waals surface area contributed by atoms with Gasteiger partial charge < -0.3 is 21.5 Å². The molecule has 10 nitrogen and oxygen atoms in total. The van der Waals surface area contributed by atoms with Crippen molar-refractivity contribution in [2.75, 3.05) is 16.9 Å². The maximum Gasteiger partial charge on any atom is 0.490 e. The van der Waals surface area contributed by atoms with Crippen molar-refractivity contribution >= 4 is 39.7 Å². The Kier molecular flexibility index (Phi) is 7.37. The quantitative estimate of drug-likeness (QED) is 0.356. The molecule has 2 fully saturated rings. The lowest BCUT2D eigenvalue weighted by atomic mass is 10.0. The van der Waals surface area contributed by atoms with Crippen LogP contribution in [0, 0.1) is 11.3 Å². The van der Waals surface area contributed by atoms with Crippen LogP contribution in [0.5, 0.6) is 0 Å². The first-order valence-electron chi connectivity index (χ1n) is 11.3. The van der Waals surface area contributed by atoms with Crippen molar-refractivity contribution in [3.05, 3.63) is 47.2 Å². The highest BCUT2D eigenvalue weighted by Gasteiger charge is 2.38. The predicted molar refractivity (Wildman–Crippen MR) is 131 cm³/mol. The summed E-state index contributed by atoms with van der Waals surface area (Å²) in [5.41, 5.74) is 10.1. The molecule has 2 heterocycles. The van der Waals surface area contributed by atoms with Gasteiger partial charge in [0.25, 0.3) is 0 Å². The second-order valence-electron chi connectivity index (χ2n) is 8.92. The van der Waals surface area contributed by atoms with Crippen LogP contribution in [0.1, 0.15) is 41.9 Å². The van der Waals surface area contributed by atoms with E-state index >= 15 is 0 Å². The van der Waals surface area contributed by atoms with E-state index < -0.39 is 22.9 Å². The number of carboxylic acid groups (broad SMARTS) is 1. The number of nitrogens with two attached hydrogens (primary N) is 1. The fraction of sp³-hybridized carbons (Fsp3) is 0.391. The van der Waals surface area contributed by atoms with Crippen LogP contribution in [0.15, 0.2) is 30.5 Å². The van der Waals surface area contributed by atoms with Gasteiger partial charge in [-0.1, -0.05) is 6.07 Å². The van der Waals surface area contributed by atoms with E-state index in [1.165, 1.54) is 11.8 Å². The summed E-state index contributed by atoms with van der Waals surface area (Å²) in [7, 11) is -0.944. The lowest BCUT2D eigenvalue weighted by molar-refractivity contribution is -0.192. The number of carbonyl (C=O) groups is 1. The monoisotopic (exact) mass is 535 g/mol. The summed E-state index contributed by atoms with van der Waals surface area (Å²) < 4.78 is 45.3. The van der Waals surface area contributed by atoms with E-state index in [1.807, 2.05) is 18.2 Å². The van der Waals surface area contributed by atoms with Crippen LogP contribution in [0.25, 0.3) is 5.65 Å². The molecule has 3 atom stereocenters. The van der Waals surface area contributed by atoms with Gasteiger partial charge in [0.15, 0.2) is 5.65 Å². The Bertz CT molecular complexity index is 1400. The zero-order valence-corrected chi connectivity index (χ0v) is 20.4. The number of aromatic nitrogens is 3. The van der Waals surface area contributed by atoms with Gasteiger partial charge in [-0.3, -0.25) is 4.21 Å². The van der Waals surface area contributed by atoms with Crippen molar-refractivity contribution in [1.82, 2.24) is 14.6 Å². The number of nitrogens with one attached hydrogen (secondary N) is 2. The van der Waals surface area contributed by atoms with E-state index in [2.05, 4.69) is 32.9 Å². The molecular formula is C23H24F3N7O3S. The number of alkyl halides is 3. The molecule has 0 saturated heterocycles. The summed E-state index contributed by atoms with van der Waals surface area (Å²) in [5, 5.41) is 27.6. The van der Waals surface area contributed by atoms with E-state index in [0.717, 1.165) is 36.3 Å². The van der Waals surface area contributed by atoms with Crippen molar-refractivity contribution in [1.29, 1.82) is 5.26 Å². The third kappa shape index (κ3) is 6.55. The molecule has 2 aliphatic carbocycles. The number of nitrogens with zero attached hydrogens (tertiary/aromatic N) is 4. The highest BCUT2D eigenvalue weighted by Crippen LogP contribution is 2.41. The van der Waals surface area contributed by atoms with Crippen molar-refractivity contribution in [2.24, 2.45) is 5.73 Å². The highest BCUT2D eigenvalue weighted by molar-refractivity contribution is 7.83. The first-order chi connectivity index (χ1) is 17.5. The third-order valence-electron chi connectivity index (χ3n) is 5.78. The summed E-state index contributed by atoms with van der Waals surface area (Å²) in [4.78, 5) is 13.5. The molecular weight excluding hydrogens is 511 g/mol. The Morgan fingerprint density at radius 2 is 2.03 bits per heavy atom. The second-order valence-corrected chi connectivity index (χ2v) is 10.4. The lowest BCUT2D eigenvalue weighted by Gasteiger charge is -2.14. The summed E-state index contributed by atoms with van der Waals surface area (Å²) >= 11 is 0. The molecule has 0 spiro atoms. The van der Waals surface area contributed by atoms with Crippen molar-refractivity contribution in [3.63, 3.8) is 0 Å². The van der Waals surface area contributed by atoms with Crippen LogP contribution >= 0.6 is 0 Å². The van der Waals surface area contributed by atoms with Gasteiger partial charge in [0, 0.05) is 52.6 Å². The summed E-state index contributed by atoms with van der Waals surface area (Å²) in [6.45, 7) is 0. The number of fused-ring (bicyclic) bond motifs is 1. The van der Waals surface area contributed by atoms with Gasteiger partial charge in [-0.25, -0.2) is 9.78 Å². The number of carboxylic acids is 1. The number of nitriles is 1. The molecule has 5 rings (SSSR count). The van der Waals surface area contributed by atoms with Gasteiger partial charge in [0.05, 0.1) is 6.20 Å². The molecule has 37 heavy (non-hydrogen) atoms. The summed E-state index contributed by atoms with van der Waals surface area (Å²) in [6.07, 6.45) is 1.39. The van der Waals surface area contributed by atoms with E-state index in [-0.39, 0.29) is 6.04 Å². The van der Waals surface area contributed by atoms with E-state index in [9.17, 15) is 22.6 Å². The van der Waals surface area contributed by atoms with Crippen molar-refractivity contribution in [3.8, 4) is 6.07 Å². The van der Waals surface area contributed by atoms with Gasteiger partial charge in [0.1, 0.15) is 23.3 Å². The topological polar surface area (TPSA) is 158 Å². The largest absolute Gasteiger partial charge is 0.490 e. The number of aliphatic carboxylic acids is 1. The second kappa shape index (κ2) is 10.3. The Morgan fingerprint density at radius 1 is 1.35 bits per heavy atom. The molecule has 3 aromatic rings. The van der Waals surface area contributed by atoms with Crippen LogP contribution in [0.2, 0.25) is 0 Å². The average molecular weight is 536 g/mol. The van der Waals surface area contributed by atoms with Crippen molar-refractivity contribution in [2.45, 2.75) is 49.2 Å². The molecule has 3 unspecified atom stereocenters. The maximum absolute atomic E-state index is 11.9. The Labute approximate surface area is 212 Å². The van der Waals surface area contributed by atoms with Crippen LogP contribution in [-0.4, -0.2) is 54.4 Å². The Balaban J connectivity index is 0.000000405. The van der Waals surface area contributed by atoms with Gasteiger partial charge in [-0.2, -0.15) is 28.0 Å². The molecule has 0 radical (unpaired) electrons. The van der Waals surface area contributed by atoms with E-state index in [4.69, 9.17) is 15.6 Å². The minimum absolute atomic E-state index is 0.194. The third-order valence-corrected chi connectivity index (χ3v) is 6.50. The fourth-order valence-electron chi connectivity index (χ4n) is 3.75. The molecule has 196 valence electrons. The average Bonchev–Trinajstić information content (AvgIpc) is 3.72. The normalized spacial score (nSPS) is 19.4. The van der Waals surface area contributed by atoms with Gasteiger partial charge in [0.2, 0.25) is 0 Å². The zero-order chi connectivity index (χ0) is 26.9. The summed E-state index contributed by atoms with van der Waals surface area (Å²) in [6, 6.07) is 10.8. The minimum Gasteiger partial charge on any atom is -0.475 e. The number of hydrogen-bond acceptors (Lipinski definition) is 8. The standard InChI is InChI=1S/C21H23N7OS.C2HF3O2/c1-30(29)11-12-6-15(4-5-16(12)17-7-18(17)23)25-19-8-20(26-14-2-3-14)28-21(27-19)13(9-22)10-24-28;3-2(4,5)1(6)7/h4-6,8,10,14,17-18,26H,2-3,7,11,23H2,1H3,(H,25,27);(H,6,7). The summed E-state index contributed by atoms with van der Waals surface area (Å²) in [5.74, 6) is -0.473. The Hall–Kier alpha value is -3.70. The smallest absolute Gasteiger partial charge is 0.475 e. The number of benzene rings is 1. The first-order valence-corrected chi connectivity index (χ1v) is 13.0. The molecule has 0 amide bonds. The SMILES string of the molecule is CS(=O)Cc1cc(Nc2cc(NC3CC3)n3ncc(C#N)c3n2)ccc1C1CC1N.O=C(O)C(F)(F)F. The minimum atomic E-state index is -5.08. The lowest BCUT2D eigenvalue weighted by Crippen LogP contribution is -2.21.